The molecule has 6 rings (SSSR count). The Labute approximate surface area is 336 Å². The minimum atomic E-state index is -1.42. The molecule has 1 unspecified atom stereocenters. The highest BCUT2D eigenvalue weighted by Gasteiger charge is 2.27. The second kappa shape index (κ2) is 19.5. The second-order valence-corrected chi connectivity index (χ2v) is 13.5. The smallest absolute Gasteiger partial charge is 0.314 e. The summed E-state index contributed by atoms with van der Waals surface area (Å²) in [6.07, 6.45) is 6.34. The van der Waals surface area contributed by atoms with E-state index in [1.165, 1.54) is 49.1 Å². The largest absolute Gasteiger partial charge is 0.445 e. The first-order valence-corrected chi connectivity index (χ1v) is 17.9. The van der Waals surface area contributed by atoms with E-state index in [1.807, 2.05) is 6.92 Å². The highest BCUT2D eigenvalue weighted by Crippen LogP contribution is 2.39. The lowest BCUT2D eigenvalue weighted by atomic mass is 9.95. The van der Waals surface area contributed by atoms with Gasteiger partial charge >= 0.3 is 11.4 Å². The predicted octanol–water partition coefficient (Wildman–Crippen LogP) is 8.69. The van der Waals surface area contributed by atoms with Gasteiger partial charge in [0, 0.05) is 56.1 Å². The average Bonchev–Trinajstić information content (AvgIpc) is 3.16. The summed E-state index contributed by atoms with van der Waals surface area (Å²) in [6, 6.07) is 10.3. The summed E-state index contributed by atoms with van der Waals surface area (Å²) in [4.78, 5) is 50.4. The molecule has 0 aliphatic carbocycles. The minimum Gasteiger partial charge on any atom is -0.445 e. The van der Waals surface area contributed by atoms with Crippen LogP contribution in [0, 0.1) is 51.5 Å². The number of hydrogen-bond donors (Lipinski definition) is 2. The summed E-state index contributed by atoms with van der Waals surface area (Å²) in [5.74, 6) is -5.24. The Morgan fingerprint density at radius 3 is 1.70 bits per heavy atom. The van der Waals surface area contributed by atoms with Gasteiger partial charge in [-0.3, -0.25) is 39.8 Å². The highest BCUT2D eigenvalue weighted by molar-refractivity contribution is 9.10. The maximum atomic E-state index is 15.2. The third kappa shape index (κ3) is 11.4. The normalized spacial score (nSPS) is 11.0. The standard InChI is InChI=1S/C18H14BrFN4O4.C11H5BrF2N2O3.C7H10N2O/c1-9-5-14(22-23-18(9)25)10(2)13-3-4-15(24(26)27)17(16(13)20)28-12-6-11(19)7-21-8-12;12-6-3-7(5-15-4-6)19-11-9(16(17)18)2-1-8(13)10(11)14;1-3-6-4-5(2)7(10)9-8-6/h3-8,10H,1-2H3,(H,23,25);1-5H;4H,3H2,1-2H3,(H,9,10). The van der Waals surface area contributed by atoms with Gasteiger partial charge in [0.25, 0.3) is 11.1 Å². The minimum absolute atomic E-state index is 0.0435. The van der Waals surface area contributed by atoms with Crippen LogP contribution >= 0.6 is 31.9 Å². The van der Waals surface area contributed by atoms with Crippen molar-refractivity contribution in [1.82, 2.24) is 30.4 Å². The monoisotopic (exact) mass is 916 g/mol. The van der Waals surface area contributed by atoms with Crippen molar-refractivity contribution in [3.63, 3.8) is 0 Å². The fourth-order valence-electron chi connectivity index (χ4n) is 4.68. The molecular formula is C36H29Br2F3N8O8. The number of H-pyrrole nitrogens is 2. The summed E-state index contributed by atoms with van der Waals surface area (Å²) >= 11 is 6.33. The first-order chi connectivity index (χ1) is 27.0. The van der Waals surface area contributed by atoms with Crippen molar-refractivity contribution in [3.05, 3.63) is 169 Å². The summed E-state index contributed by atoms with van der Waals surface area (Å²) in [5, 5.41) is 34.6. The quantitative estimate of drug-likeness (QED) is 0.103. The van der Waals surface area contributed by atoms with Gasteiger partial charge in [-0.15, -0.1) is 0 Å². The number of rotatable bonds is 9. The molecule has 0 amide bonds. The number of ether oxygens (including phenoxy) is 2. The molecule has 0 saturated heterocycles. The van der Waals surface area contributed by atoms with E-state index >= 15 is 4.39 Å². The number of pyridine rings is 2. The Morgan fingerprint density at radius 2 is 1.23 bits per heavy atom. The van der Waals surface area contributed by atoms with Gasteiger partial charge in [0.2, 0.25) is 17.3 Å². The molecule has 4 heterocycles. The van der Waals surface area contributed by atoms with Crippen LogP contribution in [0.1, 0.15) is 47.8 Å². The zero-order valence-electron chi connectivity index (χ0n) is 30.1. The van der Waals surface area contributed by atoms with Gasteiger partial charge in [0.05, 0.1) is 33.6 Å². The molecule has 0 fully saturated rings. The van der Waals surface area contributed by atoms with Crippen molar-refractivity contribution in [1.29, 1.82) is 0 Å². The van der Waals surface area contributed by atoms with Crippen LogP contribution in [0.3, 0.4) is 0 Å². The predicted molar refractivity (Wildman–Crippen MR) is 206 cm³/mol. The number of halogens is 5. The third-order valence-electron chi connectivity index (χ3n) is 7.65. The van der Waals surface area contributed by atoms with E-state index in [-0.39, 0.29) is 28.2 Å². The molecule has 1 atom stereocenters. The van der Waals surface area contributed by atoms with Crippen molar-refractivity contribution < 1.29 is 32.5 Å². The van der Waals surface area contributed by atoms with Crippen LogP contribution in [0.5, 0.6) is 23.0 Å². The van der Waals surface area contributed by atoms with Gasteiger partial charge in [-0.05, 0) is 88.5 Å². The lowest BCUT2D eigenvalue weighted by Gasteiger charge is -2.15. The number of aromatic amines is 2. The van der Waals surface area contributed by atoms with Crippen LogP contribution in [0.25, 0.3) is 0 Å². The summed E-state index contributed by atoms with van der Waals surface area (Å²) in [6.45, 7) is 7.06. The Balaban J connectivity index is 0.000000213. The van der Waals surface area contributed by atoms with Gasteiger partial charge < -0.3 is 9.47 Å². The van der Waals surface area contributed by atoms with E-state index in [0.717, 1.165) is 23.7 Å². The van der Waals surface area contributed by atoms with Crippen molar-refractivity contribution in [3.8, 4) is 23.0 Å². The number of aryl methyl sites for hydroxylation is 3. The molecule has 0 spiro atoms. The molecule has 0 radical (unpaired) electrons. The van der Waals surface area contributed by atoms with E-state index in [9.17, 15) is 38.6 Å². The Bertz CT molecular complexity index is 2560. The van der Waals surface area contributed by atoms with Gasteiger partial charge in [-0.25, -0.2) is 19.0 Å². The lowest BCUT2D eigenvalue weighted by molar-refractivity contribution is -0.386. The number of nitrogens with one attached hydrogen (secondary N) is 2. The van der Waals surface area contributed by atoms with E-state index in [0.29, 0.717) is 26.3 Å². The molecule has 0 bridgehead atoms. The van der Waals surface area contributed by atoms with Gasteiger partial charge in [-0.1, -0.05) is 13.8 Å². The van der Waals surface area contributed by atoms with Crippen molar-refractivity contribution in [2.75, 3.05) is 0 Å². The number of aromatic nitrogens is 6. The summed E-state index contributed by atoms with van der Waals surface area (Å²) < 4.78 is 53.5. The molecule has 0 saturated carbocycles. The maximum absolute atomic E-state index is 15.2. The van der Waals surface area contributed by atoms with Crippen LogP contribution in [-0.2, 0) is 6.42 Å². The Morgan fingerprint density at radius 1 is 0.737 bits per heavy atom. The number of benzene rings is 2. The lowest BCUT2D eigenvalue weighted by Crippen LogP contribution is -2.15. The molecular weight excluding hydrogens is 889 g/mol. The van der Waals surface area contributed by atoms with Crippen LogP contribution in [0.15, 0.2) is 91.9 Å². The third-order valence-corrected chi connectivity index (χ3v) is 8.52. The first-order valence-electron chi connectivity index (χ1n) is 16.3. The fourth-order valence-corrected chi connectivity index (χ4v) is 5.36. The van der Waals surface area contributed by atoms with Crippen LogP contribution < -0.4 is 20.6 Å². The number of nitro benzene ring substituents is 2. The fraction of sp³-hybridized carbons (Fsp3) is 0.167. The second-order valence-electron chi connectivity index (χ2n) is 11.7. The Hall–Kier alpha value is -6.35. The van der Waals surface area contributed by atoms with E-state index in [2.05, 4.69) is 62.2 Å². The molecule has 2 N–H and O–H groups in total. The maximum Gasteiger partial charge on any atom is 0.314 e. The topological polar surface area (TPSA) is 222 Å². The Kier molecular flexibility index (Phi) is 14.8. The van der Waals surface area contributed by atoms with E-state index in [1.54, 1.807) is 32.9 Å². The first kappa shape index (κ1) is 43.4. The van der Waals surface area contributed by atoms with Crippen LogP contribution in [-0.4, -0.2) is 40.2 Å². The van der Waals surface area contributed by atoms with E-state index < -0.39 is 56.1 Å². The van der Waals surface area contributed by atoms with Crippen molar-refractivity contribution >= 4 is 43.2 Å². The zero-order chi connectivity index (χ0) is 42.0. The van der Waals surface area contributed by atoms with Crippen LogP contribution in [0.4, 0.5) is 24.5 Å². The molecule has 296 valence electrons. The summed E-state index contributed by atoms with van der Waals surface area (Å²) in [7, 11) is 0. The van der Waals surface area contributed by atoms with Gasteiger partial charge in [-0.2, -0.15) is 14.6 Å². The molecule has 0 aliphatic rings. The molecule has 2 aromatic carbocycles. The molecule has 6 aromatic rings. The molecule has 4 aromatic heterocycles. The number of hydrogen-bond acceptors (Lipinski definition) is 12. The molecule has 57 heavy (non-hydrogen) atoms. The SMILES string of the molecule is CCc1cc(C)c(=O)[nH]n1.Cc1cc(C(C)c2ccc([N+](=O)[O-])c(Oc3cncc(Br)c3)c2F)n[nH]c1=O.O=[N+]([O-])c1ccc(F)c(F)c1Oc1cncc(Br)c1. The number of nitrogens with zero attached hydrogens (tertiary/aromatic N) is 6. The average molecular weight is 918 g/mol. The van der Waals surface area contributed by atoms with Gasteiger partial charge in [0.15, 0.2) is 11.6 Å². The molecule has 0 aliphatic heterocycles. The molecule has 16 nitrogen and oxygen atoms in total. The van der Waals surface area contributed by atoms with Crippen molar-refractivity contribution in [2.24, 2.45) is 0 Å². The van der Waals surface area contributed by atoms with E-state index in [4.69, 9.17) is 9.47 Å². The molecule has 21 heteroatoms. The number of nitro groups is 2. The van der Waals surface area contributed by atoms with Crippen molar-refractivity contribution in [2.45, 2.75) is 40.0 Å². The van der Waals surface area contributed by atoms with Crippen LogP contribution in [0.2, 0.25) is 0 Å². The van der Waals surface area contributed by atoms with Gasteiger partial charge in [0.1, 0.15) is 11.5 Å². The summed E-state index contributed by atoms with van der Waals surface area (Å²) in [5.41, 5.74) is 1.02. The zero-order valence-corrected chi connectivity index (χ0v) is 33.2. The highest BCUT2D eigenvalue weighted by atomic mass is 79.9.